The fourth-order valence-corrected chi connectivity index (χ4v) is 3.05. The Kier molecular flexibility index (Phi) is 6.25. The van der Waals surface area contributed by atoms with Crippen LogP contribution in [0.3, 0.4) is 0 Å². The maximum absolute atomic E-state index is 12.7. The van der Waals surface area contributed by atoms with Gasteiger partial charge in [0.15, 0.2) is 11.5 Å². The van der Waals surface area contributed by atoms with E-state index in [1.165, 1.54) is 0 Å². The summed E-state index contributed by atoms with van der Waals surface area (Å²) in [6.45, 7) is 6.56. The highest BCUT2D eigenvalue weighted by Gasteiger charge is 2.38. The monoisotopic (exact) mass is 399 g/mol. The van der Waals surface area contributed by atoms with Crippen molar-refractivity contribution in [3.63, 3.8) is 0 Å². The molecule has 1 aliphatic carbocycles. The van der Waals surface area contributed by atoms with Crippen LogP contribution in [0.1, 0.15) is 55.4 Å². The summed E-state index contributed by atoms with van der Waals surface area (Å²) in [6, 6.07) is 9.61. The van der Waals surface area contributed by atoms with Gasteiger partial charge in [0, 0.05) is 24.1 Å². The highest BCUT2D eigenvalue weighted by Crippen LogP contribution is 2.32. The fourth-order valence-electron chi connectivity index (χ4n) is 3.05. The maximum Gasteiger partial charge on any atom is 0.273 e. The summed E-state index contributed by atoms with van der Waals surface area (Å²) in [5, 5.41) is 6.73. The van der Waals surface area contributed by atoms with Gasteiger partial charge in [0.2, 0.25) is 5.91 Å². The van der Waals surface area contributed by atoms with Crippen LogP contribution in [0.4, 0.5) is 0 Å². The van der Waals surface area contributed by atoms with Gasteiger partial charge in [0.1, 0.15) is 5.75 Å². The van der Waals surface area contributed by atoms with Crippen molar-refractivity contribution in [3.8, 4) is 5.75 Å². The van der Waals surface area contributed by atoms with Gasteiger partial charge in [-0.05, 0) is 37.0 Å². The number of rotatable bonds is 8. The number of aromatic nitrogens is 1. The summed E-state index contributed by atoms with van der Waals surface area (Å²) in [5.41, 5.74) is 0.881. The molecule has 0 saturated heterocycles. The minimum absolute atomic E-state index is 0.0851. The lowest BCUT2D eigenvalue weighted by Gasteiger charge is -2.28. The lowest BCUT2D eigenvalue weighted by Crippen LogP contribution is -2.40. The Morgan fingerprint density at radius 3 is 2.52 bits per heavy atom. The predicted molar refractivity (Wildman–Crippen MR) is 109 cm³/mol. The molecule has 29 heavy (non-hydrogen) atoms. The number of methoxy groups -OCH3 is 1. The Balaban J connectivity index is 1.53. The Morgan fingerprint density at radius 1 is 1.24 bits per heavy atom. The minimum atomic E-state index is -0.454. The molecule has 0 spiro atoms. The summed E-state index contributed by atoms with van der Waals surface area (Å²) in [5.74, 6) is 1.13. The largest absolute Gasteiger partial charge is 0.497 e. The third-order valence-electron chi connectivity index (χ3n) is 4.87. The second-order valence-corrected chi connectivity index (χ2v) is 8.45. The number of hydrogen-bond donors (Lipinski definition) is 1. The molecule has 0 radical (unpaired) electrons. The Labute approximate surface area is 171 Å². The molecule has 0 bridgehead atoms. The SMILES string of the molecule is COc1ccc(CCNC(=O)c2cc(CN(C(=O)C(C)(C)C)C3CC3)on2)cc1. The molecule has 1 N–H and O–H groups in total. The average molecular weight is 399 g/mol. The third-order valence-corrected chi connectivity index (χ3v) is 4.87. The standard InChI is InChI=1S/C22H29N3O4/c1-22(2,3)21(27)25(16-7-8-16)14-18-13-19(24-29-18)20(26)23-12-11-15-5-9-17(28-4)10-6-15/h5-6,9-10,13,16H,7-8,11-12,14H2,1-4H3,(H,23,26). The van der Waals surface area contributed by atoms with Crippen LogP contribution >= 0.6 is 0 Å². The van der Waals surface area contributed by atoms with Gasteiger partial charge in [0.05, 0.1) is 13.7 Å². The fraction of sp³-hybridized carbons (Fsp3) is 0.500. The molecular formula is C22H29N3O4. The molecule has 156 valence electrons. The van der Waals surface area contributed by atoms with Gasteiger partial charge in [0.25, 0.3) is 5.91 Å². The Hall–Kier alpha value is -2.83. The van der Waals surface area contributed by atoms with E-state index < -0.39 is 5.41 Å². The van der Waals surface area contributed by atoms with E-state index in [1.807, 2.05) is 49.9 Å². The number of amides is 2. The lowest BCUT2D eigenvalue weighted by molar-refractivity contribution is -0.141. The first-order valence-electron chi connectivity index (χ1n) is 9.95. The highest BCUT2D eigenvalue weighted by atomic mass is 16.5. The van der Waals surface area contributed by atoms with Gasteiger partial charge in [-0.15, -0.1) is 0 Å². The minimum Gasteiger partial charge on any atom is -0.497 e. The molecule has 1 heterocycles. The summed E-state index contributed by atoms with van der Waals surface area (Å²) >= 11 is 0. The van der Waals surface area contributed by atoms with Crippen LogP contribution in [0.25, 0.3) is 0 Å². The summed E-state index contributed by atoms with van der Waals surface area (Å²) < 4.78 is 10.5. The first kappa shape index (κ1) is 20.9. The van der Waals surface area contributed by atoms with Crippen molar-refractivity contribution in [1.29, 1.82) is 0 Å². The van der Waals surface area contributed by atoms with E-state index in [2.05, 4.69) is 10.5 Å². The zero-order valence-corrected chi connectivity index (χ0v) is 17.5. The van der Waals surface area contributed by atoms with Gasteiger partial charge in [-0.25, -0.2) is 0 Å². The number of carbonyl (C=O) groups is 2. The molecule has 1 aromatic heterocycles. The van der Waals surface area contributed by atoms with E-state index in [9.17, 15) is 9.59 Å². The van der Waals surface area contributed by atoms with Crippen molar-refractivity contribution in [2.45, 2.75) is 52.6 Å². The van der Waals surface area contributed by atoms with E-state index in [0.717, 1.165) is 24.2 Å². The molecule has 1 fully saturated rings. The topological polar surface area (TPSA) is 84.7 Å². The van der Waals surface area contributed by atoms with Gasteiger partial charge in [-0.2, -0.15) is 0 Å². The molecule has 0 atom stereocenters. The van der Waals surface area contributed by atoms with Crippen LogP contribution in [0, 0.1) is 5.41 Å². The second kappa shape index (κ2) is 8.68. The van der Waals surface area contributed by atoms with Gasteiger partial charge in [-0.3, -0.25) is 9.59 Å². The number of hydrogen-bond acceptors (Lipinski definition) is 5. The summed E-state index contributed by atoms with van der Waals surface area (Å²) in [4.78, 5) is 26.9. The van der Waals surface area contributed by atoms with Crippen molar-refractivity contribution >= 4 is 11.8 Å². The number of ether oxygens (including phenoxy) is 1. The summed E-state index contributed by atoms with van der Waals surface area (Å²) in [6.07, 6.45) is 2.72. The average Bonchev–Trinajstić information content (AvgIpc) is 3.43. The third kappa shape index (κ3) is 5.59. The van der Waals surface area contributed by atoms with E-state index in [-0.39, 0.29) is 23.6 Å². The Morgan fingerprint density at radius 2 is 1.93 bits per heavy atom. The summed E-state index contributed by atoms with van der Waals surface area (Å²) in [7, 11) is 1.63. The molecule has 2 aromatic rings. The number of nitrogens with one attached hydrogen (secondary N) is 1. The molecule has 0 unspecified atom stereocenters. The molecular weight excluding hydrogens is 370 g/mol. The zero-order chi connectivity index (χ0) is 21.0. The van der Waals surface area contributed by atoms with Crippen LogP contribution in [0.2, 0.25) is 0 Å². The number of carbonyl (C=O) groups excluding carboxylic acids is 2. The first-order chi connectivity index (χ1) is 13.8. The molecule has 1 saturated carbocycles. The van der Waals surface area contributed by atoms with Crippen LogP contribution in [0.15, 0.2) is 34.9 Å². The van der Waals surface area contributed by atoms with Crippen molar-refractivity contribution in [2.75, 3.05) is 13.7 Å². The van der Waals surface area contributed by atoms with Gasteiger partial charge >= 0.3 is 0 Å². The van der Waals surface area contributed by atoms with Crippen LogP contribution in [0.5, 0.6) is 5.75 Å². The van der Waals surface area contributed by atoms with Crippen molar-refractivity contribution in [3.05, 3.63) is 47.3 Å². The van der Waals surface area contributed by atoms with E-state index in [0.29, 0.717) is 25.3 Å². The zero-order valence-electron chi connectivity index (χ0n) is 17.5. The molecule has 1 aliphatic rings. The quantitative estimate of drug-likeness (QED) is 0.737. The smallest absolute Gasteiger partial charge is 0.273 e. The highest BCUT2D eigenvalue weighted by molar-refractivity contribution is 5.92. The lowest BCUT2D eigenvalue weighted by atomic mass is 9.94. The van der Waals surface area contributed by atoms with Crippen molar-refractivity contribution in [1.82, 2.24) is 15.4 Å². The van der Waals surface area contributed by atoms with Crippen LogP contribution < -0.4 is 10.1 Å². The number of benzene rings is 1. The van der Waals surface area contributed by atoms with Gasteiger partial charge in [-0.1, -0.05) is 38.1 Å². The first-order valence-corrected chi connectivity index (χ1v) is 9.95. The van der Waals surface area contributed by atoms with E-state index >= 15 is 0 Å². The molecule has 7 heteroatoms. The normalized spacial score (nSPS) is 13.8. The predicted octanol–water partition coefficient (Wildman–Crippen LogP) is 3.19. The second-order valence-electron chi connectivity index (χ2n) is 8.45. The van der Waals surface area contributed by atoms with Crippen molar-refractivity contribution < 1.29 is 18.8 Å². The van der Waals surface area contributed by atoms with Crippen molar-refractivity contribution in [2.24, 2.45) is 5.41 Å². The molecule has 3 rings (SSSR count). The number of nitrogens with zero attached hydrogens (tertiary/aromatic N) is 2. The molecule has 0 aliphatic heterocycles. The van der Waals surface area contributed by atoms with E-state index in [4.69, 9.17) is 9.26 Å². The molecule has 7 nitrogen and oxygen atoms in total. The Bertz CT molecular complexity index is 848. The van der Waals surface area contributed by atoms with E-state index in [1.54, 1.807) is 13.2 Å². The molecule has 1 aromatic carbocycles. The van der Waals surface area contributed by atoms with Crippen LogP contribution in [-0.2, 0) is 17.8 Å². The maximum atomic E-state index is 12.7. The van der Waals surface area contributed by atoms with Gasteiger partial charge < -0.3 is 19.5 Å². The molecule has 2 amide bonds. The van der Waals surface area contributed by atoms with Crippen LogP contribution in [-0.4, -0.2) is 41.6 Å².